The Morgan fingerprint density at radius 1 is 1.15 bits per heavy atom. The Morgan fingerprint density at radius 2 is 1.95 bits per heavy atom. The maximum absolute atomic E-state index is 6.42. The second-order valence-corrected chi connectivity index (χ2v) is 6.58. The van der Waals surface area contributed by atoms with E-state index >= 15 is 0 Å². The fourth-order valence-corrected chi connectivity index (χ4v) is 3.52. The Bertz CT molecular complexity index is 633. The third kappa shape index (κ3) is 2.68. The van der Waals surface area contributed by atoms with Gasteiger partial charge in [-0.1, -0.05) is 46.3 Å². The molecule has 0 heterocycles. The van der Waals surface area contributed by atoms with E-state index in [0.29, 0.717) is 0 Å². The molecule has 0 aromatic heterocycles. The van der Waals surface area contributed by atoms with Crippen LogP contribution in [0.4, 0.5) is 0 Å². The van der Waals surface area contributed by atoms with Crippen molar-refractivity contribution in [3.05, 3.63) is 68.7 Å². The summed E-state index contributed by atoms with van der Waals surface area (Å²) in [5.74, 6) is 0. The summed E-state index contributed by atoms with van der Waals surface area (Å²) in [6, 6.07) is 13.2. The third-order valence-corrected chi connectivity index (χ3v) is 5.19. The van der Waals surface area contributed by atoms with Gasteiger partial charge in [0.05, 0.1) is 0 Å². The van der Waals surface area contributed by atoms with Crippen LogP contribution >= 0.6 is 15.9 Å². The maximum Gasteiger partial charge on any atom is 0.0338 e. The van der Waals surface area contributed by atoms with Crippen LogP contribution in [0, 0.1) is 6.92 Å². The lowest BCUT2D eigenvalue weighted by molar-refractivity contribution is 0.715. The Hall–Kier alpha value is -1.12. The van der Waals surface area contributed by atoms with Crippen molar-refractivity contribution in [1.82, 2.24) is 0 Å². The molecule has 0 saturated heterocycles. The van der Waals surface area contributed by atoms with Crippen molar-refractivity contribution in [3.8, 4) is 0 Å². The fourth-order valence-electron chi connectivity index (χ4n) is 3.14. The number of rotatable bonds is 3. The molecule has 0 bridgehead atoms. The van der Waals surface area contributed by atoms with E-state index in [4.69, 9.17) is 5.73 Å². The number of aryl methyl sites for hydroxylation is 2. The zero-order chi connectivity index (χ0) is 14.1. The molecule has 1 aliphatic carbocycles. The van der Waals surface area contributed by atoms with Gasteiger partial charge in [-0.25, -0.2) is 0 Å². The molecule has 20 heavy (non-hydrogen) atoms. The van der Waals surface area contributed by atoms with E-state index in [9.17, 15) is 0 Å². The van der Waals surface area contributed by atoms with Crippen molar-refractivity contribution in [2.45, 2.75) is 38.6 Å². The number of benzene rings is 2. The van der Waals surface area contributed by atoms with Crippen molar-refractivity contribution >= 4 is 15.9 Å². The molecule has 1 unspecified atom stereocenters. The van der Waals surface area contributed by atoms with Gasteiger partial charge in [-0.15, -0.1) is 0 Å². The molecule has 0 saturated carbocycles. The molecule has 2 N–H and O–H groups in total. The lowest BCUT2D eigenvalue weighted by Gasteiger charge is -2.16. The van der Waals surface area contributed by atoms with Crippen LogP contribution < -0.4 is 5.73 Å². The van der Waals surface area contributed by atoms with Crippen LogP contribution in [0.25, 0.3) is 0 Å². The van der Waals surface area contributed by atoms with Gasteiger partial charge in [0.25, 0.3) is 0 Å². The van der Waals surface area contributed by atoms with Crippen LogP contribution in [0.1, 0.15) is 40.3 Å². The van der Waals surface area contributed by atoms with Crippen molar-refractivity contribution in [1.29, 1.82) is 0 Å². The van der Waals surface area contributed by atoms with Crippen LogP contribution in [0.5, 0.6) is 0 Å². The first kappa shape index (κ1) is 13.8. The highest BCUT2D eigenvalue weighted by molar-refractivity contribution is 9.10. The molecular formula is C18H20BrN. The first-order valence-corrected chi connectivity index (χ1v) is 8.05. The van der Waals surface area contributed by atoms with E-state index in [1.807, 2.05) is 0 Å². The van der Waals surface area contributed by atoms with Gasteiger partial charge in [-0.2, -0.15) is 0 Å². The van der Waals surface area contributed by atoms with Crippen LogP contribution in [0.2, 0.25) is 0 Å². The molecule has 0 amide bonds. The molecule has 0 aliphatic heterocycles. The summed E-state index contributed by atoms with van der Waals surface area (Å²) in [6.45, 7) is 2.13. The predicted octanol–water partition coefficient (Wildman–Crippen LogP) is 4.49. The number of fused-ring (bicyclic) bond motifs is 1. The van der Waals surface area contributed by atoms with Crippen molar-refractivity contribution in [3.63, 3.8) is 0 Å². The Balaban J connectivity index is 1.82. The Morgan fingerprint density at radius 3 is 2.80 bits per heavy atom. The fraction of sp³-hybridized carbons (Fsp3) is 0.333. The van der Waals surface area contributed by atoms with Crippen LogP contribution in [0.15, 0.2) is 40.9 Å². The molecule has 2 aromatic rings. The largest absolute Gasteiger partial charge is 0.324 e. The van der Waals surface area contributed by atoms with Gasteiger partial charge < -0.3 is 5.73 Å². The summed E-state index contributed by atoms with van der Waals surface area (Å²) in [5, 5.41) is 0. The summed E-state index contributed by atoms with van der Waals surface area (Å²) in [7, 11) is 0. The molecule has 1 nitrogen and oxygen atoms in total. The lowest BCUT2D eigenvalue weighted by Crippen LogP contribution is -2.15. The van der Waals surface area contributed by atoms with Crippen molar-refractivity contribution < 1.29 is 0 Å². The second kappa shape index (κ2) is 5.71. The first-order valence-electron chi connectivity index (χ1n) is 7.26. The average molecular weight is 330 g/mol. The monoisotopic (exact) mass is 329 g/mol. The topological polar surface area (TPSA) is 26.0 Å². The number of hydrogen-bond acceptors (Lipinski definition) is 1. The second-order valence-electron chi connectivity index (χ2n) is 5.72. The minimum absolute atomic E-state index is 0.0620. The summed E-state index contributed by atoms with van der Waals surface area (Å²) in [5.41, 5.74) is 13.3. The number of halogens is 1. The molecule has 3 rings (SSSR count). The van der Waals surface area contributed by atoms with E-state index in [1.54, 1.807) is 0 Å². The highest BCUT2D eigenvalue weighted by Gasteiger charge is 2.14. The normalized spacial score (nSPS) is 15.2. The molecule has 2 aromatic carbocycles. The smallest absolute Gasteiger partial charge is 0.0338 e. The molecule has 0 spiro atoms. The standard InChI is InChI=1S/C18H20BrN/c1-12-16(6-3-7-17(12)19)18(20)11-13-8-9-14-4-2-5-15(14)10-13/h3,6-10,18H,2,4-5,11,20H2,1H3. The molecule has 1 atom stereocenters. The van der Waals surface area contributed by atoms with Gasteiger partial charge in [-0.3, -0.25) is 0 Å². The van der Waals surface area contributed by atoms with Gasteiger partial charge in [-0.05, 0) is 66.5 Å². The number of nitrogens with two attached hydrogens (primary N) is 1. The average Bonchev–Trinajstić information content (AvgIpc) is 2.89. The van der Waals surface area contributed by atoms with Gasteiger partial charge in [0.1, 0.15) is 0 Å². The minimum Gasteiger partial charge on any atom is -0.324 e. The summed E-state index contributed by atoms with van der Waals surface area (Å²) < 4.78 is 1.14. The van der Waals surface area contributed by atoms with Crippen LogP contribution in [-0.4, -0.2) is 0 Å². The van der Waals surface area contributed by atoms with E-state index in [0.717, 1.165) is 10.9 Å². The van der Waals surface area contributed by atoms with Crippen molar-refractivity contribution in [2.24, 2.45) is 5.73 Å². The molecule has 0 radical (unpaired) electrons. The zero-order valence-corrected chi connectivity index (χ0v) is 13.4. The van der Waals surface area contributed by atoms with E-state index in [-0.39, 0.29) is 6.04 Å². The molecular weight excluding hydrogens is 310 g/mol. The van der Waals surface area contributed by atoms with Gasteiger partial charge in [0.15, 0.2) is 0 Å². The lowest BCUT2D eigenvalue weighted by atomic mass is 9.95. The molecule has 104 valence electrons. The first-order chi connectivity index (χ1) is 9.65. The summed E-state index contributed by atoms with van der Waals surface area (Å²) >= 11 is 3.58. The van der Waals surface area contributed by atoms with Crippen LogP contribution in [-0.2, 0) is 19.3 Å². The highest BCUT2D eigenvalue weighted by Crippen LogP contribution is 2.27. The molecule has 2 heteroatoms. The van der Waals surface area contributed by atoms with Crippen LogP contribution in [0.3, 0.4) is 0 Å². The van der Waals surface area contributed by atoms with Gasteiger partial charge >= 0.3 is 0 Å². The van der Waals surface area contributed by atoms with Gasteiger partial charge in [0, 0.05) is 10.5 Å². The Kier molecular flexibility index (Phi) is 3.95. The molecule has 1 aliphatic rings. The zero-order valence-electron chi connectivity index (χ0n) is 11.8. The number of hydrogen-bond donors (Lipinski definition) is 1. The van der Waals surface area contributed by atoms with E-state index in [1.165, 1.54) is 47.1 Å². The summed E-state index contributed by atoms with van der Waals surface area (Å²) in [4.78, 5) is 0. The van der Waals surface area contributed by atoms with E-state index in [2.05, 4.69) is 59.3 Å². The third-order valence-electron chi connectivity index (χ3n) is 4.33. The SMILES string of the molecule is Cc1c(Br)cccc1C(N)Cc1ccc2c(c1)CCC2. The van der Waals surface area contributed by atoms with Crippen molar-refractivity contribution in [2.75, 3.05) is 0 Å². The van der Waals surface area contributed by atoms with E-state index < -0.39 is 0 Å². The molecule has 0 fully saturated rings. The Labute approximate surface area is 129 Å². The van der Waals surface area contributed by atoms with Gasteiger partial charge in [0.2, 0.25) is 0 Å². The predicted molar refractivity (Wildman–Crippen MR) is 88.0 cm³/mol. The highest BCUT2D eigenvalue weighted by atomic mass is 79.9. The maximum atomic E-state index is 6.42. The minimum atomic E-state index is 0.0620. The quantitative estimate of drug-likeness (QED) is 0.882. The summed E-state index contributed by atoms with van der Waals surface area (Å²) in [6.07, 6.45) is 4.68.